The van der Waals surface area contributed by atoms with Gasteiger partial charge in [-0.3, -0.25) is 0 Å². The Hall–Kier alpha value is 1.42. The van der Waals surface area contributed by atoms with Crippen LogP contribution in [-0.2, 0) is 27.4 Å². The maximum atomic E-state index is 8.99. The van der Waals surface area contributed by atoms with Crippen LogP contribution in [0.4, 0.5) is 0 Å². The molecule has 0 spiro atoms. The summed E-state index contributed by atoms with van der Waals surface area (Å²) in [5.74, 6) is -9.07. The summed E-state index contributed by atoms with van der Waals surface area (Å²) in [6.07, 6.45) is -0.547. The molecular weight excluding hydrogens is 761 g/mol. The molecule has 0 heterocycles. The third-order valence-electron chi connectivity index (χ3n) is 2.17. The van der Waals surface area contributed by atoms with Crippen molar-refractivity contribution in [2.45, 2.75) is 36.6 Å². The minimum Gasteiger partial charge on any atom is -1.00 e. The second-order valence-electron chi connectivity index (χ2n) is 6.24. The summed E-state index contributed by atoms with van der Waals surface area (Å²) < 4.78 is 53.3. The van der Waals surface area contributed by atoms with Crippen molar-refractivity contribution in [1.29, 1.82) is 0 Å². The predicted molar refractivity (Wildman–Crippen MR) is 122 cm³/mol. The molecule has 0 amide bonds. The molecule has 1 fully saturated rings. The molecule has 0 aliphatic heterocycles. The van der Waals surface area contributed by atoms with Gasteiger partial charge in [0.25, 0.3) is 5.79 Å². The fourth-order valence-corrected chi connectivity index (χ4v) is 1.25. The van der Waals surface area contributed by atoms with Gasteiger partial charge in [-0.1, -0.05) is 0 Å². The van der Waals surface area contributed by atoms with E-state index < -0.39 is 64.3 Å². The molecule has 1 rings (SSSR count). The molecule has 0 aromatic heterocycles. The van der Waals surface area contributed by atoms with Gasteiger partial charge in [-0.05, 0) is 6.42 Å². The first-order valence-electron chi connectivity index (χ1n) is 8.24. The molecule has 0 radical (unpaired) electrons. The van der Waals surface area contributed by atoms with E-state index in [0.29, 0.717) is 0 Å². The number of aliphatic hydroxyl groups is 6. The van der Waals surface area contributed by atoms with Crippen LogP contribution in [0, 0.1) is 0 Å². The van der Waals surface area contributed by atoms with E-state index in [2.05, 4.69) is 0 Å². The van der Waals surface area contributed by atoms with Gasteiger partial charge in [-0.15, -0.1) is 0 Å². The van der Waals surface area contributed by atoms with Crippen LogP contribution in [0.1, 0.15) is 20.7 Å². The Bertz CT molecular complexity index is 782. The molecule has 0 aromatic carbocycles. The average molecular weight is 792 g/mol. The van der Waals surface area contributed by atoms with Crippen LogP contribution in [-0.4, -0.2) is 136 Å². The van der Waals surface area contributed by atoms with Gasteiger partial charge < -0.3 is 120 Å². The minimum atomic E-state index is -4.64. The van der Waals surface area contributed by atoms with Gasteiger partial charge in [0, 0.05) is 12.8 Å². The Morgan fingerprint density at radius 2 is 0.442 bits per heavy atom. The number of hydrogen-bond acceptors (Lipinski definition) is 12. The summed E-state index contributed by atoms with van der Waals surface area (Å²) in [6, 6.07) is 0. The van der Waals surface area contributed by atoms with Crippen molar-refractivity contribution < 1.29 is 177 Å². The average Bonchev–Trinajstić information content (AvgIpc) is 2.42. The molecule has 30 nitrogen and oxygen atoms in total. The predicted octanol–water partition coefficient (Wildman–Crippen LogP) is -11.2. The molecule has 0 unspecified atom stereocenters. The van der Waals surface area contributed by atoms with Gasteiger partial charge in [0.05, 0.1) is 0 Å². The summed E-state index contributed by atoms with van der Waals surface area (Å²) >= 11 is 0. The van der Waals surface area contributed by atoms with Crippen LogP contribution in [0.25, 0.3) is 0 Å². The Labute approximate surface area is 260 Å². The van der Waals surface area contributed by atoms with Crippen LogP contribution in [0.15, 0.2) is 0 Å². The number of rotatable bonds is 0. The van der Waals surface area contributed by atoms with E-state index in [0.717, 1.165) is 0 Å². The second kappa shape index (κ2) is 22.9. The Kier molecular flexibility index (Phi) is 31.8. The molecule has 37 heteroatoms. The van der Waals surface area contributed by atoms with Gasteiger partial charge in [0.1, 0.15) is 0 Å². The van der Waals surface area contributed by atoms with E-state index in [1.165, 1.54) is 0 Å². The summed E-state index contributed by atoms with van der Waals surface area (Å²) in [5, 5.41) is 53.9. The van der Waals surface area contributed by atoms with Crippen molar-refractivity contribution in [2.75, 3.05) is 0 Å². The smallest absolute Gasteiger partial charge is 1.00 e. The van der Waals surface area contributed by atoms with Crippen LogP contribution in [0.3, 0.4) is 0 Å². The van der Waals surface area contributed by atoms with Crippen molar-refractivity contribution in [2.24, 2.45) is 0 Å². The number of hydrogen-bond donors (Lipinski definition) is 24. The van der Waals surface area contributed by atoms with Crippen molar-refractivity contribution in [3.63, 3.8) is 0 Å². The van der Waals surface area contributed by atoms with E-state index >= 15 is 0 Å². The molecule has 0 atom stereocenters. The standard InChI is InChI=1S/C6H12O6.Na.6H3O4P.H/c7-4(8)2-1-3-5(9,10)6(4,11)12;;6*1-5(2,3)4;/h7-12H,1-3H2;;6*(H3,1,2,3,4);/q;+1;;;;;;;-1. The molecule has 1 saturated carbocycles. The summed E-state index contributed by atoms with van der Waals surface area (Å²) in [7, 11) is -27.8. The van der Waals surface area contributed by atoms with E-state index in [1.54, 1.807) is 0 Å². The third-order valence-corrected chi connectivity index (χ3v) is 2.17. The van der Waals surface area contributed by atoms with Gasteiger partial charge >= 0.3 is 76.5 Å². The molecule has 0 aromatic rings. The molecule has 0 saturated heterocycles. The third kappa shape index (κ3) is 99.1. The SMILES string of the molecule is O=P(O)(O)O.O=P(O)(O)O.O=P(O)(O)O.O=P(O)(O)O.O=P(O)(O)O.O=P(O)(O)O.OC1(O)CCCC(O)(O)C1(O)O.[H-].[Na+]. The van der Waals surface area contributed by atoms with E-state index in [1.807, 2.05) is 0 Å². The zero-order valence-electron chi connectivity index (χ0n) is 21.5. The van der Waals surface area contributed by atoms with Crippen LogP contribution < -0.4 is 29.6 Å². The van der Waals surface area contributed by atoms with Crippen molar-refractivity contribution in [1.82, 2.24) is 0 Å². The van der Waals surface area contributed by atoms with E-state index in [9.17, 15) is 0 Å². The minimum absolute atomic E-state index is 0. The van der Waals surface area contributed by atoms with Gasteiger partial charge in [-0.2, -0.15) is 0 Å². The summed E-state index contributed by atoms with van der Waals surface area (Å²) in [4.78, 5) is 129. The largest absolute Gasteiger partial charge is 1.00 e. The molecule has 0 bridgehead atoms. The Morgan fingerprint density at radius 3 is 0.512 bits per heavy atom. The normalized spacial score (nSPS) is 17.0. The van der Waals surface area contributed by atoms with Crippen LogP contribution in [0.2, 0.25) is 0 Å². The quantitative estimate of drug-likeness (QED) is 0.0615. The summed E-state index contributed by atoms with van der Waals surface area (Å²) in [5.41, 5.74) is 0. The Morgan fingerprint density at radius 1 is 0.349 bits per heavy atom. The van der Waals surface area contributed by atoms with Crippen molar-refractivity contribution in [3.05, 3.63) is 0 Å². The number of phosphoric acid groups is 6. The Balaban J connectivity index is -0.0000000594. The maximum absolute atomic E-state index is 8.99. The molecule has 1 aliphatic carbocycles. The van der Waals surface area contributed by atoms with Crippen molar-refractivity contribution >= 4 is 46.9 Å². The topological polar surface area (TPSA) is 588 Å². The van der Waals surface area contributed by atoms with Crippen LogP contribution in [0.5, 0.6) is 0 Å². The molecule has 1 aliphatic rings. The van der Waals surface area contributed by atoms with E-state index in [-0.39, 0.29) is 50.2 Å². The molecule has 266 valence electrons. The monoisotopic (exact) mass is 792 g/mol. The zero-order valence-corrected chi connectivity index (χ0v) is 27.9. The fraction of sp³-hybridized carbons (Fsp3) is 1.00. The first-order valence-corrected chi connectivity index (χ1v) is 17.6. The first-order chi connectivity index (χ1) is 17.2. The molecular formula is C6H31NaO30P6. The van der Waals surface area contributed by atoms with E-state index in [4.69, 9.17) is 146 Å². The first kappa shape index (κ1) is 59.8. The van der Waals surface area contributed by atoms with Gasteiger partial charge in [-0.25, -0.2) is 27.4 Å². The van der Waals surface area contributed by atoms with Crippen LogP contribution >= 0.6 is 46.9 Å². The van der Waals surface area contributed by atoms with Crippen molar-refractivity contribution in [3.8, 4) is 0 Å². The molecule has 43 heavy (non-hydrogen) atoms. The summed E-state index contributed by atoms with van der Waals surface area (Å²) in [6.45, 7) is 0. The molecule has 24 N–H and O–H groups in total. The second-order valence-corrected chi connectivity index (χ2v) is 12.4. The zero-order chi connectivity index (χ0) is 36.6. The van der Waals surface area contributed by atoms with Gasteiger partial charge in [0.15, 0.2) is 0 Å². The van der Waals surface area contributed by atoms with Gasteiger partial charge in [0.2, 0.25) is 11.6 Å². The maximum Gasteiger partial charge on any atom is 1.00 e. The fourth-order valence-electron chi connectivity index (χ4n) is 1.25.